The maximum absolute atomic E-state index is 13.8. The van der Waals surface area contributed by atoms with Crippen LogP contribution in [0.25, 0.3) is 5.69 Å². The Balaban J connectivity index is 1.81. The highest BCUT2D eigenvalue weighted by Gasteiger charge is 2.27. The lowest BCUT2D eigenvalue weighted by Crippen LogP contribution is -2.45. The van der Waals surface area contributed by atoms with Crippen LogP contribution in [0.5, 0.6) is 0 Å². The third kappa shape index (κ3) is 3.17. The van der Waals surface area contributed by atoms with Gasteiger partial charge in [0.1, 0.15) is 5.69 Å². The van der Waals surface area contributed by atoms with Crippen LogP contribution in [0.1, 0.15) is 30.3 Å². The molecular weight excluding hydrogens is 314 g/mol. The van der Waals surface area contributed by atoms with E-state index in [-0.39, 0.29) is 29.2 Å². The Kier molecular flexibility index (Phi) is 4.62. The fraction of sp³-hybridized carbons (Fsp3) is 0.412. The molecule has 1 fully saturated rings. The Hall–Kier alpha value is -2.28. The lowest BCUT2D eigenvalue weighted by atomic mass is 9.92. The molecule has 24 heavy (non-hydrogen) atoms. The van der Waals surface area contributed by atoms with Crippen LogP contribution in [0, 0.1) is 17.6 Å². The van der Waals surface area contributed by atoms with Gasteiger partial charge in [0.15, 0.2) is 17.3 Å². The van der Waals surface area contributed by atoms with Crippen LogP contribution in [0.4, 0.5) is 8.78 Å². The van der Waals surface area contributed by atoms with Crippen molar-refractivity contribution in [2.45, 2.75) is 25.8 Å². The van der Waals surface area contributed by atoms with Gasteiger partial charge in [-0.25, -0.2) is 13.5 Å². The second kappa shape index (κ2) is 6.68. The largest absolute Gasteiger partial charge is 0.337 e. The Morgan fingerprint density at radius 1 is 1.33 bits per heavy atom. The number of para-hydroxylation sites is 1. The second-order valence-corrected chi connectivity index (χ2v) is 6.23. The summed E-state index contributed by atoms with van der Waals surface area (Å²) in [5, 5.41) is 4.06. The van der Waals surface area contributed by atoms with Crippen LogP contribution in [-0.2, 0) is 0 Å². The number of hydrogen-bond donors (Lipinski definition) is 1. The Bertz CT molecular complexity index is 724. The summed E-state index contributed by atoms with van der Waals surface area (Å²) < 4.78 is 28.7. The quantitative estimate of drug-likeness (QED) is 0.937. The highest BCUT2D eigenvalue weighted by Crippen LogP contribution is 2.21. The van der Waals surface area contributed by atoms with Crippen LogP contribution < -0.4 is 5.73 Å². The molecule has 128 valence electrons. The monoisotopic (exact) mass is 334 g/mol. The third-order valence-corrected chi connectivity index (χ3v) is 4.46. The topological polar surface area (TPSA) is 64.2 Å². The summed E-state index contributed by atoms with van der Waals surface area (Å²) in [4.78, 5) is 14.3. The minimum atomic E-state index is -0.730. The zero-order valence-corrected chi connectivity index (χ0v) is 13.5. The van der Waals surface area contributed by atoms with Crippen molar-refractivity contribution in [3.63, 3.8) is 0 Å². The van der Waals surface area contributed by atoms with Crippen LogP contribution in [0.15, 0.2) is 30.5 Å². The maximum atomic E-state index is 13.8. The Labute approximate surface area is 139 Å². The number of carbonyl (C=O) groups is 1. The van der Waals surface area contributed by atoms with Crippen molar-refractivity contribution < 1.29 is 13.6 Å². The number of aromatic nitrogens is 2. The molecule has 2 heterocycles. The van der Waals surface area contributed by atoms with Gasteiger partial charge < -0.3 is 10.6 Å². The van der Waals surface area contributed by atoms with Gasteiger partial charge in [-0.2, -0.15) is 5.10 Å². The number of rotatable bonds is 3. The SMILES string of the molecule is CC(N)C1CCCN(C(=O)c2ccn(-c3c(F)cccc3F)n2)C1. The van der Waals surface area contributed by atoms with Gasteiger partial charge in [0.25, 0.3) is 5.91 Å². The van der Waals surface area contributed by atoms with Crippen molar-refractivity contribution >= 4 is 5.91 Å². The molecule has 1 aromatic carbocycles. The molecule has 2 N–H and O–H groups in total. The normalized spacial score (nSPS) is 19.3. The molecule has 1 saturated heterocycles. The van der Waals surface area contributed by atoms with Crippen molar-refractivity contribution in [3.8, 4) is 5.69 Å². The van der Waals surface area contributed by atoms with Gasteiger partial charge >= 0.3 is 0 Å². The van der Waals surface area contributed by atoms with E-state index in [1.54, 1.807) is 4.90 Å². The van der Waals surface area contributed by atoms with Crippen molar-refractivity contribution in [1.82, 2.24) is 14.7 Å². The standard InChI is InChI=1S/C17H20F2N4O/c1-11(20)12-4-3-8-22(10-12)17(24)15-7-9-23(21-15)16-13(18)5-2-6-14(16)19/h2,5-7,9,11-12H,3-4,8,10,20H2,1H3. The summed E-state index contributed by atoms with van der Waals surface area (Å²) in [6.45, 7) is 3.16. The zero-order valence-electron chi connectivity index (χ0n) is 13.5. The number of halogens is 2. The fourth-order valence-electron chi connectivity index (χ4n) is 3.06. The Morgan fingerprint density at radius 2 is 2.04 bits per heavy atom. The molecule has 0 bridgehead atoms. The summed E-state index contributed by atoms with van der Waals surface area (Å²) in [6.07, 6.45) is 3.28. The first-order valence-electron chi connectivity index (χ1n) is 8.02. The maximum Gasteiger partial charge on any atom is 0.274 e. The lowest BCUT2D eigenvalue weighted by molar-refractivity contribution is 0.0654. The first-order chi connectivity index (χ1) is 11.5. The molecule has 0 radical (unpaired) electrons. The van der Waals surface area contributed by atoms with Gasteiger partial charge in [0.2, 0.25) is 0 Å². The van der Waals surface area contributed by atoms with Gasteiger partial charge in [-0.3, -0.25) is 4.79 Å². The predicted molar refractivity (Wildman–Crippen MR) is 85.8 cm³/mol. The van der Waals surface area contributed by atoms with E-state index in [2.05, 4.69) is 5.10 Å². The minimum absolute atomic E-state index is 0.0191. The zero-order chi connectivity index (χ0) is 17.3. The summed E-state index contributed by atoms with van der Waals surface area (Å²) in [5.74, 6) is -1.44. The van der Waals surface area contributed by atoms with E-state index in [9.17, 15) is 13.6 Å². The predicted octanol–water partition coefficient (Wildman–Crippen LogP) is 2.35. The molecule has 1 amide bonds. The molecule has 0 spiro atoms. The molecule has 3 rings (SSSR count). The van der Waals surface area contributed by atoms with Gasteiger partial charge in [-0.15, -0.1) is 0 Å². The smallest absolute Gasteiger partial charge is 0.274 e. The lowest BCUT2D eigenvalue weighted by Gasteiger charge is -2.34. The van der Waals surface area contributed by atoms with Crippen LogP contribution in [0.2, 0.25) is 0 Å². The van der Waals surface area contributed by atoms with Gasteiger partial charge in [-0.05, 0) is 43.9 Å². The molecule has 1 aliphatic heterocycles. The molecule has 2 unspecified atom stereocenters. The van der Waals surface area contributed by atoms with Crippen LogP contribution in [0.3, 0.4) is 0 Å². The summed E-state index contributed by atoms with van der Waals surface area (Å²) in [6, 6.07) is 5.08. The van der Waals surface area contributed by atoms with Crippen LogP contribution in [-0.4, -0.2) is 39.7 Å². The first-order valence-corrected chi connectivity index (χ1v) is 8.02. The summed E-state index contributed by atoms with van der Waals surface area (Å²) in [7, 11) is 0. The van der Waals surface area contributed by atoms with E-state index in [1.807, 2.05) is 6.92 Å². The highest BCUT2D eigenvalue weighted by atomic mass is 19.1. The van der Waals surface area contributed by atoms with E-state index in [0.29, 0.717) is 13.1 Å². The van der Waals surface area contributed by atoms with Crippen molar-refractivity contribution in [2.24, 2.45) is 11.7 Å². The molecule has 7 heteroatoms. The summed E-state index contributed by atoms with van der Waals surface area (Å²) >= 11 is 0. The van der Waals surface area contributed by atoms with Crippen LogP contribution >= 0.6 is 0 Å². The number of amides is 1. The van der Waals surface area contributed by atoms with Gasteiger partial charge in [0.05, 0.1) is 0 Å². The van der Waals surface area contributed by atoms with E-state index >= 15 is 0 Å². The van der Waals surface area contributed by atoms with Crippen molar-refractivity contribution in [2.75, 3.05) is 13.1 Å². The van der Waals surface area contributed by atoms with Gasteiger partial charge in [0, 0.05) is 25.3 Å². The number of nitrogens with zero attached hydrogens (tertiary/aromatic N) is 3. The number of nitrogens with two attached hydrogens (primary N) is 1. The highest BCUT2D eigenvalue weighted by molar-refractivity contribution is 5.92. The number of hydrogen-bond acceptors (Lipinski definition) is 3. The third-order valence-electron chi connectivity index (χ3n) is 4.46. The first kappa shape index (κ1) is 16.6. The molecule has 1 aliphatic rings. The van der Waals surface area contributed by atoms with Gasteiger partial charge in [-0.1, -0.05) is 6.07 Å². The fourth-order valence-corrected chi connectivity index (χ4v) is 3.06. The number of piperidine rings is 1. The van der Waals surface area contributed by atoms with Crippen molar-refractivity contribution in [1.29, 1.82) is 0 Å². The minimum Gasteiger partial charge on any atom is -0.337 e. The van der Waals surface area contributed by atoms with E-state index in [1.165, 1.54) is 18.3 Å². The van der Waals surface area contributed by atoms with E-state index < -0.39 is 11.6 Å². The molecule has 2 aromatic rings. The molecule has 1 aromatic heterocycles. The van der Waals surface area contributed by atoms with Crippen molar-refractivity contribution in [3.05, 3.63) is 47.8 Å². The molecule has 5 nitrogen and oxygen atoms in total. The number of benzene rings is 1. The van der Waals surface area contributed by atoms with E-state index in [0.717, 1.165) is 29.7 Å². The number of likely N-dealkylation sites (tertiary alicyclic amines) is 1. The molecular formula is C17H20F2N4O. The number of carbonyl (C=O) groups excluding carboxylic acids is 1. The average molecular weight is 334 g/mol. The summed E-state index contributed by atoms with van der Waals surface area (Å²) in [5.41, 5.74) is 5.82. The molecule has 0 aliphatic carbocycles. The second-order valence-electron chi connectivity index (χ2n) is 6.23. The molecule has 0 saturated carbocycles. The Morgan fingerprint density at radius 3 is 2.71 bits per heavy atom. The van der Waals surface area contributed by atoms with E-state index in [4.69, 9.17) is 5.73 Å². The average Bonchev–Trinajstić information content (AvgIpc) is 3.03. The molecule has 2 atom stereocenters.